The lowest BCUT2D eigenvalue weighted by Gasteiger charge is -2.21. The molecule has 0 heterocycles. The van der Waals surface area contributed by atoms with Crippen LogP contribution in [0.25, 0.3) is 0 Å². The number of phosphoric acid groups is 2. The highest BCUT2D eigenvalue weighted by atomic mass is 31.2. The number of aliphatic hydroxyl groups is 1. The van der Waals surface area contributed by atoms with Crippen LogP contribution in [0, 0.1) is 0 Å². The number of hydrogen-bond acceptors (Lipinski definition) is 15. The van der Waals surface area contributed by atoms with E-state index < -0.39 is 97.5 Å². The number of esters is 4. The molecule has 0 amide bonds. The lowest BCUT2D eigenvalue weighted by Crippen LogP contribution is -2.30. The molecule has 5 unspecified atom stereocenters. The van der Waals surface area contributed by atoms with Gasteiger partial charge in [0.2, 0.25) is 0 Å². The van der Waals surface area contributed by atoms with Crippen molar-refractivity contribution in [3.05, 3.63) is 170 Å². The minimum atomic E-state index is -5.01. The third-order valence-corrected chi connectivity index (χ3v) is 18.0. The van der Waals surface area contributed by atoms with Gasteiger partial charge in [0.25, 0.3) is 0 Å². The maximum Gasteiger partial charge on any atom is 0.472 e. The van der Waals surface area contributed by atoms with Gasteiger partial charge in [-0.05, 0) is 173 Å². The number of carbonyl (C=O) groups excluding carboxylic acids is 4. The highest BCUT2D eigenvalue weighted by Gasteiger charge is 2.30. The van der Waals surface area contributed by atoms with Crippen LogP contribution in [0.1, 0.15) is 297 Å². The van der Waals surface area contributed by atoms with Gasteiger partial charge in [0.05, 0.1) is 26.4 Å². The van der Waals surface area contributed by atoms with Gasteiger partial charge in [-0.15, -0.1) is 0 Å². The molecule has 5 atom stereocenters. The van der Waals surface area contributed by atoms with Gasteiger partial charge in [-0.2, -0.15) is 0 Å². The van der Waals surface area contributed by atoms with Crippen molar-refractivity contribution in [1.29, 1.82) is 0 Å². The Morgan fingerprint density at radius 1 is 0.274 bits per heavy atom. The van der Waals surface area contributed by atoms with Gasteiger partial charge >= 0.3 is 39.5 Å². The number of carbonyl (C=O) groups is 4. The summed E-state index contributed by atoms with van der Waals surface area (Å²) in [5.74, 6) is -2.29. The number of rotatable bonds is 74. The molecule has 0 aromatic carbocycles. The van der Waals surface area contributed by atoms with Crippen LogP contribution in [0.2, 0.25) is 0 Å². The molecule has 0 aromatic rings. The Balaban J connectivity index is 5.47. The van der Waals surface area contributed by atoms with Crippen molar-refractivity contribution < 1.29 is 80.2 Å². The predicted molar refractivity (Wildman–Crippen MR) is 436 cm³/mol. The molecule has 0 bridgehead atoms. The van der Waals surface area contributed by atoms with Gasteiger partial charge < -0.3 is 33.8 Å². The van der Waals surface area contributed by atoms with Crippen molar-refractivity contribution in [3.8, 4) is 0 Å². The minimum absolute atomic E-state index is 0.0410. The number of ether oxygens (including phenoxy) is 4. The average molecular weight is 1520 g/mol. The summed E-state index contributed by atoms with van der Waals surface area (Å²) >= 11 is 0. The van der Waals surface area contributed by atoms with E-state index in [4.69, 9.17) is 37.0 Å². The largest absolute Gasteiger partial charge is 0.472 e. The first-order valence-corrected chi connectivity index (χ1v) is 43.4. The van der Waals surface area contributed by atoms with Gasteiger partial charge in [-0.25, -0.2) is 9.13 Å². The Kier molecular flexibility index (Phi) is 73.5. The Morgan fingerprint density at radius 2 is 0.509 bits per heavy atom. The van der Waals surface area contributed by atoms with Crippen LogP contribution in [0.3, 0.4) is 0 Å². The molecule has 0 saturated carbocycles. The molecule has 106 heavy (non-hydrogen) atoms. The Bertz CT molecular complexity index is 2680. The zero-order valence-corrected chi connectivity index (χ0v) is 67.6. The number of allylic oxidation sites excluding steroid dienone is 28. The number of aliphatic hydroxyl groups excluding tert-OH is 1. The van der Waals surface area contributed by atoms with Crippen molar-refractivity contribution in [1.82, 2.24) is 0 Å². The summed E-state index contributed by atoms with van der Waals surface area (Å²) < 4.78 is 68.6. The normalized spacial score (nSPS) is 14.7. The number of hydrogen-bond donors (Lipinski definition) is 3. The molecule has 0 aromatic heterocycles. The first-order chi connectivity index (χ1) is 51.7. The van der Waals surface area contributed by atoms with Crippen molar-refractivity contribution in [2.75, 3.05) is 39.6 Å². The van der Waals surface area contributed by atoms with Crippen molar-refractivity contribution in [3.63, 3.8) is 0 Å². The molecule has 0 radical (unpaired) electrons. The van der Waals surface area contributed by atoms with Crippen molar-refractivity contribution in [2.45, 2.75) is 316 Å². The molecule has 0 aliphatic rings. The molecule has 0 rings (SSSR count). The summed E-state index contributed by atoms with van der Waals surface area (Å²) in [5.41, 5.74) is 0. The van der Waals surface area contributed by atoms with E-state index in [0.29, 0.717) is 25.7 Å². The van der Waals surface area contributed by atoms with Crippen LogP contribution < -0.4 is 0 Å². The SMILES string of the molecule is CC/C=C\C/C=C\C/C=C\C/C=C\C/C=C\CCCCCC(=O)OCC(COP(=O)(O)OCC(O)COP(=O)(O)OCC(COC(=O)CCCCCCC/C=C\C/C=C\CCCCC)OC(=O)CCCCCCC/C=C\C/C=C\CCC)OC(=O)CCCCC/C=C\C/C=C\C/C=C\C/C=C\C/C=C\CC. The highest BCUT2D eigenvalue weighted by Crippen LogP contribution is 2.45. The van der Waals surface area contributed by atoms with E-state index in [9.17, 15) is 43.2 Å². The van der Waals surface area contributed by atoms with Gasteiger partial charge in [0.15, 0.2) is 12.2 Å². The van der Waals surface area contributed by atoms with Crippen LogP contribution in [-0.2, 0) is 65.4 Å². The van der Waals surface area contributed by atoms with E-state index in [-0.39, 0.29) is 25.7 Å². The molecule has 0 fully saturated rings. The fourth-order valence-corrected chi connectivity index (χ4v) is 11.6. The summed E-state index contributed by atoms with van der Waals surface area (Å²) in [6, 6.07) is 0. The topological polar surface area (TPSA) is 237 Å². The molecule has 0 saturated heterocycles. The summed E-state index contributed by atoms with van der Waals surface area (Å²) in [5, 5.41) is 10.6. The van der Waals surface area contributed by atoms with Crippen LogP contribution in [0.15, 0.2) is 170 Å². The lowest BCUT2D eigenvalue weighted by atomic mass is 10.1. The zero-order valence-electron chi connectivity index (χ0n) is 65.8. The Morgan fingerprint density at radius 3 is 0.802 bits per heavy atom. The third-order valence-electron chi connectivity index (χ3n) is 16.1. The lowest BCUT2D eigenvalue weighted by molar-refractivity contribution is -0.161. The summed E-state index contributed by atoms with van der Waals surface area (Å²) in [6.07, 6.45) is 91.9. The predicted octanol–water partition coefficient (Wildman–Crippen LogP) is 23.8. The van der Waals surface area contributed by atoms with Gasteiger partial charge in [0, 0.05) is 25.7 Å². The quantitative estimate of drug-likeness (QED) is 0.0169. The highest BCUT2D eigenvalue weighted by molar-refractivity contribution is 7.47. The van der Waals surface area contributed by atoms with Gasteiger partial charge in [0.1, 0.15) is 19.3 Å². The first kappa shape index (κ1) is 100. The van der Waals surface area contributed by atoms with Crippen molar-refractivity contribution in [2.24, 2.45) is 0 Å². The second-order valence-electron chi connectivity index (χ2n) is 26.2. The van der Waals surface area contributed by atoms with E-state index in [2.05, 4.69) is 198 Å². The summed E-state index contributed by atoms with van der Waals surface area (Å²) in [4.78, 5) is 73.1. The zero-order chi connectivity index (χ0) is 77.4. The van der Waals surface area contributed by atoms with Crippen LogP contribution in [-0.4, -0.2) is 96.7 Å². The van der Waals surface area contributed by atoms with E-state index in [1.54, 1.807) is 0 Å². The first-order valence-electron chi connectivity index (χ1n) is 40.4. The molecular weight excluding hydrogens is 1380 g/mol. The molecule has 17 nitrogen and oxygen atoms in total. The molecule has 602 valence electrons. The maximum atomic E-state index is 13.1. The fourth-order valence-electron chi connectivity index (χ4n) is 10.0. The molecule has 0 aliphatic heterocycles. The molecule has 3 N–H and O–H groups in total. The standard InChI is InChI=1S/C87H142O17P2/c1-5-9-13-17-21-25-29-33-36-38-40-42-45-49-52-56-60-64-68-72-85(90)98-78-83(104-87(92)74-70-66-62-58-54-50-46-43-41-39-37-34-30-26-22-18-14-10-6-2)80-102-106(95,96)100-76-81(88)75-99-105(93,94)101-79-82(103-86(91)73-69-65-61-57-53-47-32-28-24-20-16-12-8-4)77-97-84(89)71-67-63-59-55-51-48-44-35-31-27-23-19-15-11-7-3/h9-10,13-14,16,20-23,25-28,32-37,40-44,49-50,52,54,81-83,88H,5-8,11-12,15,17-19,24,29-31,38-39,45-48,51,53,55-80H2,1-4H3,(H,93,94)(H,95,96)/b13-9-,14-10-,20-16-,25-21-,26-22-,27-23-,32-28-,36-33-,37-34-,42-40-,43-41-,44-35-,52-49-,54-50-. The minimum Gasteiger partial charge on any atom is -0.462 e. The summed E-state index contributed by atoms with van der Waals surface area (Å²) in [6.45, 7) is 4.44. The second kappa shape index (κ2) is 77.6. The van der Waals surface area contributed by atoms with E-state index in [0.717, 1.165) is 199 Å². The van der Waals surface area contributed by atoms with E-state index in [1.807, 2.05) is 0 Å². The average Bonchev–Trinajstić information content (AvgIpc) is 0.903. The fraction of sp³-hybridized carbons (Fsp3) is 0.632. The van der Waals surface area contributed by atoms with Gasteiger partial charge in [-0.3, -0.25) is 37.3 Å². The van der Waals surface area contributed by atoms with Gasteiger partial charge in [-0.1, -0.05) is 268 Å². The number of phosphoric ester groups is 2. The molecule has 19 heteroatoms. The molecular formula is C87H142O17P2. The number of unbranched alkanes of at least 4 members (excludes halogenated alkanes) is 20. The molecule has 0 aliphatic carbocycles. The van der Waals surface area contributed by atoms with Crippen molar-refractivity contribution >= 4 is 39.5 Å². The van der Waals surface area contributed by atoms with E-state index >= 15 is 0 Å². The van der Waals surface area contributed by atoms with Crippen LogP contribution >= 0.6 is 15.6 Å². The second-order valence-corrected chi connectivity index (χ2v) is 29.1. The van der Waals surface area contributed by atoms with E-state index in [1.165, 1.54) is 19.3 Å². The van der Waals surface area contributed by atoms with Crippen LogP contribution in [0.4, 0.5) is 0 Å². The Labute approximate surface area is 642 Å². The summed E-state index contributed by atoms with van der Waals surface area (Å²) in [7, 11) is -10.0. The Hall–Kier alpha value is -5.58. The monoisotopic (exact) mass is 1520 g/mol. The third kappa shape index (κ3) is 76.6. The molecule has 0 spiro atoms. The maximum absolute atomic E-state index is 13.1. The van der Waals surface area contributed by atoms with Crippen LogP contribution in [0.5, 0.6) is 0 Å². The smallest absolute Gasteiger partial charge is 0.462 e.